The second-order valence-electron chi connectivity index (χ2n) is 5.18. The molecule has 2 fully saturated rings. The van der Waals surface area contributed by atoms with Crippen LogP contribution in [-0.4, -0.2) is 44.2 Å². The highest BCUT2D eigenvalue weighted by molar-refractivity contribution is 7.99. The van der Waals surface area contributed by atoms with Crippen molar-refractivity contribution >= 4 is 29.7 Å². The van der Waals surface area contributed by atoms with Crippen molar-refractivity contribution < 1.29 is 29.7 Å². The van der Waals surface area contributed by atoms with Crippen molar-refractivity contribution in [1.29, 1.82) is 0 Å². The van der Waals surface area contributed by atoms with Gasteiger partial charge in [-0.25, -0.2) is 0 Å². The summed E-state index contributed by atoms with van der Waals surface area (Å²) in [4.78, 5) is 32.9. The molecular formula is C12H16O6S. The molecule has 0 aromatic rings. The Labute approximate surface area is 114 Å². The predicted octanol–water partition coefficient (Wildman–Crippen LogP) is 1.00. The smallest absolute Gasteiger partial charge is 0.307 e. The van der Waals surface area contributed by atoms with Gasteiger partial charge in [-0.05, 0) is 24.7 Å². The molecule has 0 amide bonds. The molecule has 3 N–H and O–H groups in total. The van der Waals surface area contributed by atoms with E-state index in [0.717, 1.165) is 0 Å². The monoisotopic (exact) mass is 288 g/mol. The molecule has 5 unspecified atom stereocenters. The van der Waals surface area contributed by atoms with Gasteiger partial charge in [-0.15, -0.1) is 0 Å². The Morgan fingerprint density at radius 3 is 2.16 bits per heavy atom. The van der Waals surface area contributed by atoms with Crippen molar-refractivity contribution in [3.8, 4) is 0 Å². The van der Waals surface area contributed by atoms with Gasteiger partial charge in [0.1, 0.15) is 0 Å². The van der Waals surface area contributed by atoms with E-state index in [-0.39, 0.29) is 23.5 Å². The zero-order valence-corrected chi connectivity index (χ0v) is 11.0. The molecule has 0 saturated heterocycles. The summed E-state index contributed by atoms with van der Waals surface area (Å²) in [7, 11) is 0. The lowest BCUT2D eigenvalue weighted by atomic mass is 9.79. The average molecular weight is 288 g/mol. The largest absolute Gasteiger partial charge is 0.481 e. The fraction of sp³-hybridized carbons (Fsp3) is 0.750. The van der Waals surface area contributed by atoms with Gasteiger partial charge in [0.2, 0.25) is 0 Å². The Morgan fingerprint density at radius 1 is 1.00 bits per heavy atom. The van der Waals surface area contributed by atoms with Crippen molar-refractivity contribution in [2.75, 3.05) is 5.75 Å². The van der Waals surface area contributed by atoms with Crippen molar-refractivity contribution in [2.24, 2.45) is 23.7 Å². The van der Waals surface area contributed by atoms with E-state index in [1.165, 1.54) is 11.8 Å². The van der Waals surface area contributed by atoms with Crippen LogP contribution in [-0.2, 0) is 14.4 Å². The third-order valence-electron chi connectivity index (χ3n) is 4.16. The molecule has 2 aliphatic rings. The first kappa shape index (κ1) is 14.2. The molecule has 106 valence electrons. The summed E-state index contributed by atoms with van der Waals surface area (Å²) in [5, 5.41) is 27.0. The van der Waals surface area contributed by atoms with E-state index in [0.29, 0.717) is 18.6 Å². The summed E-state index contributed by atoms with van der Waals surface area (Å²) in [6.07, 6.45) is 1.38. The predicted molar refractivity (Wildman–Crippen MR) is 67.0 cm³/mol. The minimum atomic E-state index is -1.04. The Balaban J connectivity index is 2.00. The van der Waals surface area contributed by atoms with Crippen LogP contribution in [0, 0.1) is 23.7 Å². The molecule has 0 aliphatic heterocycles. The number of carbonyl (C=O) groups is 3. The van der Waals surface area contributed by atoms with Crippen LogP contribution in [0.2, 0.25) is 0 Å². The van der Waals surface area contributed by atoms with Crippen molar-refractivity contribution in [1.82, 2.24) is 0 Å². The van der Waals surface area contributed by atoms with Crippen LogP contribution < -0.4 is 0 Å². The summed E-state index contributed by atoms with van der Waals surface area (Å²) in [6, 6.07) is 0. The van der Waals surface area contributed by atoms with Crippen LogP contribution >= 0.6 is 11.8 Å². The van der Waals surface area contributed by atoms with E-state index in [2.05, 4.69) is 0 Å². The maximum atomic E-state index is 11.3. The number of carboxylic acid groups (broad SMARTS) is 3. The number of aliphatic carboxylic acids is 3. The first-order chi connectivity index (χ1) is 8.91. The van der Waals surface area contributed by atoms with E-state index in [1.807, 2.05) is 0 Å². The van der Waals surface area contributed by atoms with Gasteiger partial charge >= 0.3 is 17.9 Å². The highest BCUT2D eigenvalue weighted by Crippen LogP contribution is 2.56. The Hall–Kier alpha value is -1.24. The van der Waals surface area contributed by atoms with Gasteiger partial charge < -0.3 is 15.3 Å². The molecule has 0 aromatic heterocycles. The van der Waals surface area contributed by atoms with Crippen LogP contribution in [0.25, 0.3) is 0 Å². The Morgan fingerprint density at radius 2 is 1.63 bits per heavy atom. The van der Waals surface area contributed by atoms with E-state index < -0.39 is 29.7 Å². The maximum Gasteiger partial charge on any atom is 0.307 e. The van der Waals surface area contributed by atoms with Gasteiger partial charge in [0.25, 0.3) is 0 Å². The molecule has 0 aromatic carbocycles. The lowest BCUT2D eigenvalue weighted by Gasteiger charge is -2.30. The first-order valence-corrected chi connectivity index (χ1v) is 7.25. The number of carboxylic acids is 3. The number of rotatable bonds is 6. The topological polar surface area (TPSA) is 112 Å². The average Bonchev–Trinajstić information content (AvgIpc) is 2.84. The molecule has 0 spiro atoms. The van der Waals surface area contributed by atoms with Crippen LogP contribution in [0.3, 0.4) is 0 Å². The molecule has 0 radical (unpaired) electrons. The Kier molecular flexibility index (Phi) is 4.03. The third kappa shape index (κ3) is 2.70. The summed E-state index contributed by atoms with van der Waals surface area (Å²) in [6.45, 7) is 0. The van der Waals surface area contributed by atoms with Gasteiger partial charge in [-0.3, -0.25) is 14.4 Å². The zero-order chi connectivity index (χ0) is 14.2. The zero-order valence-electron chi connectivity index (χ0n) is 10.2. The van der Waals surface area contributed by atoms with E-state index in [4.69, 9.17) is 10.2 Å². The summed E-state index contributed by atoms with van der Waals surface area (Å²) in [5.41, 5.74) is 0. The molecular weight excluding hydrogens is 272 g/mol. The van der Waals surface area contributed by atoms with Crippen molar-refractivity contribution in [2.45, 2.75) is 24.5 Å². The maximum absolute atomic E-state index is 11.3. The second kappa shape index (κ2) is 5.40. The normalized spacial score (nSPS) is 36.3. The van der Waals surface area contributed by atoms with Gasteiger partial charge in [0.15, 0.2) is 0 Å². The fourth-order valence-corrected chi connectivity index (χ4v) is 4.99. The minimum Gasteiger partial charge on any atom is -0.481 e. The molecule has 19 heavy (non-hydrogen) atoms. The highest BCUT2D eigenvalue weighted by Gasteiger charge is 2.58. The van der Waals surface area contributed by atoms with E-state index in [1.54, 1.807) is 0 Å². The molecule has 5 atom stereocenters. The molecule has 2 bridgehead atoms. The number of thioether (sulfide) groups is 1. The summed E-state index contributed by atoms with van der Waals surface area (Å²) >= 11 is 1.47. The highest BCUT2D eigenvalue weighted by atomic mass is 32.2. The fourth-order valence-electron chi connectivity index (χ4n) is 3.48. The van der Waals surface area contributed by atoms with Crippen LogP contribution in [0.4, 0.5) is 0 Å². The second-order valence-corrected chi connectivity index (χ2v) is 6.52. The number of hydrogen-bond donors (Lipinski definition) is 3. The van der Waals surface area contributed by atoms with Crippen molar-refractivity contribution in [3.05, 3.63) is 0 Å². The Bertz CT molecular complexity index is 409. The van der Waals surface area contributed by atoms with Crippen LogP contribution in [0.1, 0.15) is 19.3 Å². The quantitative estimate of drug-likeness (QED) is 0.668. The van der Waals surface area contributed by atoms with E-state index in [9.17, 15) is 19.5 Å². The van der Waals surface area contributed by atoms with Gasteiger partial charge in [0.05, 0.1) is 18.3 Å². The molecule has 2 rings (SSSR count). The van der Waals surface area contributed by atoms with Crippen LogP contribution in [0.5, 0.6) is 0 Å². The van der Waals surface area contributed by atoms with E-state index >= 15 is 0 Å². The summed E-state index contributed by atoms with van der Waals surface area (Å²) in [5.74, 6) is -4.29. The number of fused-ring (bicyclic) bond motifs is 2. The summed E-state index contributed by atoms with van der Waals surface area (Å²) < 4.78 is 0. The van der Waals surface area contributed by atoms with Crippen LogP contribution in [0.15, 0.2) is 0 Å². The molecule has 6 nitrogen and oxygen atoms in total. The van der Waals surface area contributed by atoms with Gasteiger partial charge in [-0.2, -0.15) is 11.8 Å². The van der Waals surface area contributed by atoms with Gasteiger partial charge in [-0.1, -0.05) is 0 Å². The third-order valence-corrected chi connectivity index (χ3v) is 5.57. The number of hydrogen-bond acceptors (Lipinski definition) is 4. The lowest BCUT2D eigenvalue weighted by molar-refractivity contribution is -0.156. The first-order valence-electron chi connectivity index (χ1n) is 6.20. The lowest BCUT2D eigenvalue weighted by Crippen LogP contribution is -2.39. The molecule has 2 aliphatic carbocycles. The SMILES string of the molecule is O=C(O)CCSC1CC2CC1C(C(=O)O)C2C(=O)O. The minimum absolute atomic E-state index is 0.0542. The standard InChI is InChI=1S/C12H16O6S/c13-8(14)1-2-19-7-4-5-3-6(7)10(12(17)18)9(5)11(15)16/h5-7,9-10H,1-4H2,(H,13,14)(H,15,16)(H,17,18). The van der Waals surface area contributed by atoms with Gasteiger partial charge in [0, 0.05) is 11.0 Å². The van der Waals surface area contributed by atoms with Crippen molar-refractivity contribution in [3.63, 3.8) is 0 Å². The molecule has 0 heterocycles. The molecule has 2 saturated carbocycles. The molecule has 7 heteroatoms.